The van der Waals surface area contributed by atoms with Gasteiger partial charge in [-0.3, -0.25) is 14.5 Å². The lowest BCUT2D eigenvalue weighted by Gasteiger charge is -2.23. The van der Waals surface area contributed by atoms with E-state index in [-0.39, 0.29) is 22.6 Å². The zero-order chi connectivity index (χ0) is 31.7. The van der Waals surface area contributed by atoms with Crippen molar-refractivity contribution in [1.82, 2.24) is 10.2 Å². The molecule has 1 fully saturated rings. The quantitative estimate of drug-likeness (QED) is 0.0650. The highest BCUT2D eigenvalue weighted by Crippen LogP contribution is 2.46. The van der Waals surface area contributed by atoms with Crippen molar-refractivity contribution in [1.29, 1.82) is 0 Å². The number of aromatic nitrogens is 2. The second kappa shape index (κ2) is 12.9. The number of hydrogen-bond donors (Lipinski definition) is 1. The van der Waals surface area contributed by atoms with Crippen LogP contribution in [-0.2, 0) is 21.8 Å². The Morgan fingerprint density at radius 3 is 2.53 bits per heavy atom. The van der Waals surface area contributed by atoms with E-state index in [1.54, 1.807) is 30.3 Å². The van der Waals surface area contributed by atoms with E-state index in [1.165, 1.54) is 33.6 Å². The fourth-order valence-corrected chi connectivity index (χ4v) is 7.32. The van der Waals surface area contributed by atoms with Gasteiger partial charge in [0.15, 0.2) is 15.8 Å². The highest BCUT2D eigenvalue weighted by Gasteiger charge is 2.48. The van der Waals surface area contributed by atoms with Gasteiger partial charge in [0.1, 0.15) is 17.6 Å². The number of aliphatic hydroxyl groups excluding tert-OH is 1. The van der Waals surface area contributed by atoms with Crippen LogP contribution in [0.15, 0.2) is 70.6 Å². The molecular formula is C34H33N3O6S2. The van der Waals surface area contributed by atoms with Crippen molar-refractivity contribution in [3.63, 3.8) is 0 Å². The van der Waals surface area contributed by atoms with Crippen molar-refractivity contribution in [2.45, 2.75) is 56.4 Å². The Labute approximate surface area is 269 Å². The molecule has 0 saturated carbocycles. The summed E-state index contributed by atoms with van der Waals surface area (Å²) >= 11 is 2.73. The molecule has 3 aromatic carbocycles. The molecule has 2 atom stereocenters. The zero-order valence-corrected chi connectivity index (χ0v) is 27.0. The summed E-state index contributed by atoms with van der Waals surface area (Å²) in [7, 11) is 0. The largest absolute Gasteiger partial charge is 0.507 e. The van der Waals surface area contributed by atoms with Crippen LogP contribution in [0.2, 0.25) is 0 Å². The molecule has 0 unspecified atom stereocenters. The van der Waals surface area contributed by atoms with Gasteiger partial charge in [-0.15, -0.1) is 10.2 Å². The number of benzene rings is 3. The first kappa shape index (κ1) is 30.7. The van der Waals surface area contributed by atoms with Gasteiger partial charge in [0.25, 0.3) is 5.78 Å². The van der Waals surface area contributed by atoms with Gasteiger partial charge in [0.2, 0.25) is 5.13 Å². The molecule has 45 heavy (non-hydrogen) atoms. The smallest absolute Gasteiger partial charge is 0.301 e. The van der Waals surface area contributed by atoms with Crippen LogP contribution in [0.1, 0.15) is 54.6 Å². The maximum atomic E-state index is 13.8. The summed E-state index contributed by atoms with van der Waals surface area (Å²) in [6.45, 7) is 8.58. The van der Waals surface area contributed by atoms with Crippen molar-refractivity contribution in [2.24, 2.45) is 0 Å². The molecular weight excluding hydrogens is 611 g/mol. The average Bonchev–Trinajstić information content (AvgIpc) is 3.72. The van der Waals surface area contributed by atoms with E-state index in [0.717, 1.165) is 16.9 Å². The summed E-state index contributed by atoms with van der Waals surface area (Å²) in [5, 5.41) is 20.6. The number of thioether (sulfide) groups is 1. The van der Waals surface area contributed by atoms with Crippen molar-refractivity contribution >= 4 is 45.7 Å². The normalized spacial score (nSPS) is 18.6. The number of hydrogen-bond acceptors (Lipinski definition) is 10. The monoisotopic (exact) mass is 643 g/mol. The van der Waals surface area contributed by atoms with Crippen LogP contribution < -0.4 is 19.1 Å². The van der Waals surface area contributed by atoms with E-state index < -0.39 is 17.7 Å². The summed E-state index contributed by atoms with van der Waals surface area (Å²) in [6.07, 6.45) is 0.692. The van der Waals surface area contributed by atoms with Gasteiger partial charge in [0.05, 0.1) is 24.8 Å². The lowest BCUT2D eigenvalue weighted by Crippen LogP contribution is -2.29. The van der Waals surface area contributed by atoms with Crippen molar-refractivity contribution in [3.05, 3.63) is 94.1 Å². The molecule has 4 aromatic rings. The number of aryl methyl sites for hydroxylation is 1. The Hall–Kier alpha value is -4.35. The van der Waals surface area contributed by atoms with Gasteiger partial charge in [-0.25, -0.2) is 0 Å². The first-order valence-electron chi connectivity index (χ1n) is 14.8. The molecule has 9 nitrogen and oxygen atoms in total. The minimum Gasteiger partial charge on any atom is -0.507 e. The summed E-state index contributed by atoms with van der Waals surface area (Å²) in [6, 6.07) is 17.8. The number of ketones is 1. The van der Waals surface area contributed by atoms with Crippen LogP contribution >= 0.6 is 23.1 Å². The molecule has 0 aliphatic carbocycles. The topological polar surface area (TPSA) is 111 Å². The summed E-state index contributed by atoms with van der Waals surface area (Å²) < 4.78 is 18.1. The standard InChI is InChI=1S/C34H33N3O6S2/c1-5-41-26-14-11-22(17-27(26)42-6-2)29-28(30(38)23-12-13-25-24(16-23)15-20(4)43-25)31(39)32(40)37(29)33-35-36-34(45-33)44-18-21-9-7-19(3)8-10-21/h7-14,16-17,20,29,38H,5-6,15,18H2,1-4H3/t20-,29-/m1/s1. The van der Waals surface area contributed by atoms with Crippen LogP contribution in [0.4, 0.5) is 5.13 Å². The number of nitrogens with zero attached hydrogens (tertiary/aromatic N) is 3. The van der Waals surface area contributed by atoms with Gasteiger partial charge in [-0.05, 0) is 74.7 Å². The second-order valence-electron chi connectivity index (χ2n) is 10.8. The van der Waals surface area contributed by atoms with Gasteiger partial charge in [-0.2, -0.15) is 0 Å². The van der Waals surface area contributed by atoms with Gasteiger partial charge in [-0.1, -0.05) is 59.0 Å². The van der Waals surface area contributed by atoms with Crippen LogP contribution in [0, 0.1) is 6.92 Å². The van der Waals surface area contributed by atoms with E-state index in [2.05, 4.69) is 34.5 Å². The molecule has 0 bridgehead atoms. The third-order valence-corrected chi connectivity index (χ3v) is 9.71. The van der Waals surface area contributed by atoms with Crippen molar-refractivity contribution in [2.75, 3.05) is 18.1 Å². The predicted molar refractivity (Wildman–Crippen MR) is 174 cm³/mol. The molecule has 0 radical (unpaired) electrons. The van der Waals surface area contributed by atoms with E-state index in [0.29, 0.717) is 52.4 Å². The van der Waals surface area contributed by atoms with Crippen LogP contribution in [0.3, 0.4) is 0 Å². The number of rotatable bonds is 10. The average molecular weight is 644 g/mol. The Kier molecular flexibility index (Phi) is 8.82. The van der Waals surface area contributed by atoms with Gasteiger partial charge in [0, 0.05) is 17.7 Å². The lowest BCUT2D eigenvalue weighted by atomic mass is 9.94. The molecule has 1 N–H and O–H groups in total. The van der Waals surface area contributed by atoms with E-state index in [1.807, 2.05) is 33.8 Å². The SMILES string of the molecule is CCOc1ccc([C@@H]2C(=C(O)c3ccc4c(c3)C[C@@H](C)O4)C(=O)C(=O)N2c2nnc(SCc3ccc(C)cc3)s2)cc1OCC. The minimum atomic E-state index is -0.980. The first-order chi connectivity index (χ1) is 21.8. The first-order valence-corrected chi connectivity index (χ1v) is 16.6. The predicted octanol–water partition coefficient (Wildman–Crippen LogP) is 6.89. The molecule has 1 amide bonds. The number of aliphatic hydroxyl groups is 1. The Bertz CT molecular complexity index is 1780. The molecule has 0 spiro atoms. The lowest BCUT2D eigenvalue weighted by molar-refractivity contribution is -0.132. The second-order valence-corrected chi connectivity index (χ2v) is 13.0. The van der Waals surface area contributed by atoms with Crippen LogP contribution in [-0.4, -0.2) is 46.3 Å². The third-order valence-electron chi connectivity index (χ3n) is 7.58. The number of anilines is 1. The number of fused-ring (bicyclic) bond motifs is 1. The molecule has 232 valence electrons. The molecule has 2 aliphatic rings. The van der Waals surface area contributed by atoms with Crippen molar-refractivity contribution in [3.8, 4) is 17.2 Å². The van der Waals surface area contributed by atoms with E-state index in [4.69, 9.17) is 14.2 Å². The van der Waals surface area contributed by atoms with Crippen molar-refractivity contribution < 1.29 is 28.9 Å². The van der Waals surface area contributed by atoms with Gasteiger partial charge < -0.3 is 19.3 Å². The molecule has 2 aliphatic heterocycles. The fourth-order valence-electron chi connectivity index (χ4n) is 5.50. The third kappa shape index (κ3) is 6.14. The van der Waals surface area contributed by atoms with E-state index in [9.17, 15) is 14.7 Å². The molecule has 11 heteroatoms. The Morgan fingerprint density at radius 2 is 1.78 bits per heavy atom. The highest BCUT2D eigenvalue weighted by molar-refractivity contribution is 8.00. The molecule has 1 saturated heterocycles. The fraction of sp³-hybridized carbons (Fsp3) is 0.294. The molecule has 3 heterocycles. The summed E-state index contributed by atoms with van der Waals surface area (Å²) in [4.78, 5) is 28.8. The number of ether oxygens (including phenoxy) is 3. The number of amides is 1. The zero-order valence-electron chi connectivity index (χ0n) is 25.4. The highest BCUT2D eigenvalue weighted by atomic mass is 32.2. The van der Waals surface area contributed by atoms with Crippen LogP contribution in [0.5, 0.6) is 17.2 Å². The van der Waals surface area contributed by atoms with E-state index >= 15 is 0 Å². The number of Topliss-reactive ketones (excluding diaryl/α,β-unsaturated/α-hetero) is 1. The Morgan fingerprint density at radius 1 is 1.02 bits per heavy atom. The van der Waals surface area contributed by atoms with Gasteiger partial charge >= 0.3 is 5.91 Å². The molecule has 6 rings (SSSR count). The maximum absolute atomic E-state index is 13.8. The maximum Gasteiger partial charge on any atom is 0.301 e. The Balaban J connectivity index is 1.42. The summed E-state index contributed by atoms with van der Waals surface area (Å²) in [5.41, 5.74) is 4.19. The number of carbonyl (C=O) groups is 2. The summed E-state index contributed by atoms with van der Waals surface area (Å²) in [5.74, 6) is 0.559. The number of carbonyl (C=O) groups excluding carboxylic acids is 2. The van der Waals surface area contributed by atoms with Crippen LogP contribution in [0.25, 0.3) is 5.76 Å². The molecule has 1 aromatic heterocycles. The minimum absolute atomic E-state index is 0.0132.